The first kappa shape index (κ1) is 14.2. The summed E-state index contributed by atoms with van der Waals surface area (Å²) < 4.78 is 7.48. The molecule has 98 valence electrons. The fourth-order valence-electron chi connectivity index (χ4n) is 2.14. The van der Waals surface area contributed by atoms with Crippen molar-refractivity contribution >= 4 is 0 Å². The molecule has 4 heteroatoms. The fourth-order valence-corrected chi connectivity index (χ4v) is 2.14. The highest BCUT2D eigenvalue weighted by atomic mass is 16.5. The van der Waals surface area contributed by atoms with Gasteiger partial charge >= 0.3 is 0 Å². The van der Waals surface area contributed by atoms with Crippen molar-refractivity contribution in [2.24, 2.45) is 7.05 Å². The van der Waals surface area contributed by atoms with Crippen molar-refractivity contribution in [3.63, 3.8) is 0 Å². The summed E-state index contributed by atoms with van der Waals surface area (Å²) in [7, 11) is 3.76. The zero-order valence-corrected chi connectivity index (χ0v) is 11.9. The van der Waals surface area contributed by atoms with Gasteiger partial charge in [-0.25, -0.2) is 0 Å². The molecular formula is C13H25N3O. The Bertz CT molecular complexity index is 338. The molecule has 1 unspecified atom stereocenters. The molecule has 0 amide bonds. The van der Waals surface area contributed by atoms with Crippen molar-refractivity contribution in [2.75, 3.05) is 13.7 Å². The van der Waals surface area contributed by atoms with Crippen LogP contribution in [0, 0.1) is 6.92 Å². The Hall–Kier alpha value is -0.870. The molecule has 0 radical (unpaired) electrons. The molecule has 1 rings (SSSR count). The Morgan fingerprint density at radius 1 is 1.53 bits per heavy atom. The maximum absolute atomic E-state index is 5.52. The Kier molecular flexibility index (Phi) is 4.71. The molecule has 0 aliphatic rings. The highest BCUT2D eigenvalue weighted by Gasteiger charge is 2.26. The number of methoxy groups -OCH3 is 1. The van der Waals surface area contributed by atoms with Crippen LogP contribution in [0.1, 0.15) is 44.5 Å². The lowest BCUT2D eigenvalue weighted by molar-refractivity contribution is 0.00629. The Morgan fingerprint density at radius 2 is 2.18 bits per heavy atom. The van der Waals surface area contributed by atoms with Gasteiger partial charge in [-0.2, -0.15) is 5.10 Å². The van der Waals surface area contributed by atoms with Gasteiger partial charge in [-0.15, -0.1) is 0 Å². The number of aryl methyl sites for hydroxylation is 2. The quantitative estimate of drug-likeness (QED) is 0.827. The molecule has 0 spiro atoms. The Balaban J connectivity index is 2.94. The number of hydrogen-bond acceptors (Lipinski definition) is 3. The maximum atomic E-state index is 5.52. The molecule has 1 aromatic heterocycles. The van der Waals surface area contributed by atoms with Gasteiger partial charge in [-0.1, -0.05) is 6.92 Å². The van der Waals surface area contributed by atoms with E-state index in [0.29, 0.717) is 0 Å². The van der Waals surface area contributed by atoms with E-state index in [2.05, 4.69) is 38.1 Å². The summed E-state index contributed by atoms with van der Waals surface area (Å²) in [5.41, 5.74) is 2.34. The smallest absolute Gasteiger partial charge is 0.0641 e. The lowest BCUT2D eigenvalue weighted by Crippen LogP contribution is -2.33. The second-order valence-corrected chi connectivity index (χ2v) is 5.11. The third-order valence-electron chi connectivity index (χ3n) is 3.21. The molecule has 1 atom stereocenters. The average Bonchev–Trinajstić information content (AvgIpc) is 2.58. The van der Waals surface area contributed by atoms with Crippen molar-refractivity contribution in [1.82, 2.24) is 15.1 Å². The molecular weight excluding hydrogens is 214 g/mol. The fraction of sp³-hybridized carbons (Fsp3) is 0.769. The van der Waals surface area contributed by atoms with Crippen molar-refractivity contribution in [3.8, 4) is 0 Å². The predicted molar refractivity (Wildman–Crippen MR) is 70.1 cm³/mol. The van der Waals surface area contributed by atoms with Gasteiger partial charge in [0.25, 0.3) is 0 Å². The van der Waals surface area contributed by atoms with Crippen molar-refractivity contribution in [3.05, 3.63) is 17.5 Å². The van der Waals surface area contributed by atoms with Gasteiger partial charge in [0.1, 0.15) is 0 Å². The first-order valence-electron chi connectivity index (χ1n) is 6.18. The molecule has 1 N–H and O–H groups in total. The molecule has 17 heavy (non-hydrogen) atoms. The van der Waals surface area contributed by atoms with Crippen LogP contribution in [0.4, 0.5) is 0 Å². The van der Waals surface area contributed by atoms with E-state index in [1.807, 2.05) is 17.9 Å². The third kappa shape index (κ3) is 3.54. The van der Waals surface area contributed by atoms with Crippen LogP contribution in [0.2, 0.25) is 0 Å². The predicted octanol–water partition coefficient (Wildman–Crippen LogP) is 2.19. The standard InChI is InChI=1S/C13H25N3O/c1-7-14-11(8-13(3,4)17-6)12-10(2)9-15-16(12)5/h9,11,14H,7-8H2,1-6H3. The molecule has 0 fully saturated rings. The molecule has 1 aromatic rings. The van der Waals surface area contributed by atoms with Crippen molar-refractivity contribution < 1.29 is 4.74 Å². The van der Waals surface area contributed by atoms with E-state index in [1.165, 1.54) is 11.3 Å². The molecule has 0 saturated carbocycles. The van der Waals surface area contributed by atoms with Crippen LogP contribution in [0.25, 0.3) is 0 Å². The van der Waals surface area contributed by atoms with Gasteiger partial charge in [0.15, 0.2) is 0 Å². The molecule has 0 aliphatic heterocycles. The first-order chi connectivity index (χ1) is 7.91. The topological polar surface area (TPSA) is 39.1 Å². The van der Waals surface area contributed by atoms with Gasteiger partial charge in [0, 0.05) is 14.2 Å². The van der Waals surface area contributed by atoms with E-state index in [-0.39, 0.29) is 11.6 Å². The number of ether oxygens (including phenoxy) is 1. The van der Waals surface area contributed by atoms with E-state index in [0.717, 1.165) is 13.0 Å². The van der Waals surface area contributed by atoms with E-state index in [9.17, 15) is 0 Å². The molecule has 0 saturated heterocycles. The van der Waals surface area contributed by atoms with Crippen LogP contribution in [-0.2, 0) is 11.8 Å². The van der Waals surface area contributed by atoms with Crippen molar-refractivity contribution in [1.29, 1.82) is 0 Å². The van der Waals surface area contributed by atoms with Crippen LogP contribution in [0.5, 0.6) is 0 Å². The minimum absolute atomic E-state index is 0.135. The number of rotatable bonds is 6. The number of aromatic nitrogens is 2. The van der Waals surface area contributed by atoms with E-state index >= 15 is 0 Å². The monoisotopic (exact) mass is 239 g/mol. The van der Waals surface area contributed by atoms with E-state index in [4.69, 9.17) is 4.74 Å². The van der Waals surface area contributed by atoms with Gasteiger partial charge in [-0.05, 0) is 39.3 Å². The highest BCUT2D eigenvalue weighted by molar-refractivity contribution is 5.20. The van der Waals surface area contributed by atoms with Gasteiger partial charge < -0.3 is 10.1 Å². The van der Waals surface area contributed by atoms with Crippen LogP contribution < -0.4 is 5.32 Å². The normalized spacial score (nSPS) is 14.0. The maximum Gasteiger partial charge on any atom is 0.0641 e. The molecule has 0 aliphatic carbocycles. The second kappa shape index (κ2) is 5.65. The van der Waals surface area contributed by atoms with Crippen LogP contribution in [-0.4, -0.2) is 29.0 Å². The molecule has 4 nitrogen and oxygen atoms in total. The SMILES string of the molecule is CCNC(CC(C)(C)OC)c1c(C)cnn1C. The minimum atomic E-state index is -0.135. The average molecular weight is 239 g/mol. The molecule has 1 heterocycles. The van der Waals surface area contributed by atoms with Gasteiger partial charge in [0.05, 0.1) is 23.5 Å². The molecule has 0 bridgehead atoms. The lowest BCUT2D eigenvalue weighted by Gasteiger charge is -2.29. The summed E-state index contributed by atoms with van der Waals surface area (Å²) in [5.74, 6) is 0. The largest absolute Gasteiger partial charge is 0.379 e. The summed E-state index contributed by atoms with van der Waals surface area (Å²) >= 11 is 0. The molecule has 0 aromatic carbocycles. The number of hydrogen-bond donors (Lipinski definition) is 1. The summed E-state index contributed by atoms with van der Waals surface area (Å²) in [5, 5.41) is 7.83. The summed E-state index contributed by atoms with van der Waals surface area (Å²) in [6, 6.07) is 0.280. The van der Waals surface area contributed by atoms with E-state index < -0.39 is 0 Å². The minimum Gasteiger partial charge on any atom is -0.379 e. The number of nitrogens with one attached hydrogen (secondary N) is 1. The Morgan fingerprint density at radius 3 is 2.59 bits per heavy atom. The number of nitrogens with zero attached hydrogens (tertiary/aromatic N) is 2. The van der Waals surface area contributed by atoms with Gasteiger partial charge in [-0.3, -0.25) is 4.68 Å². The van der Waals surface area contributed by atoms with E-state index in [1.54, 1.807) is 7.11 Å². The van der Waals surface area contributed by atoms with Crippen LogP contribution >= 0.6 is 0 Å². The highest BCUT2D eigenvalue weighted by Crippen LogP contribution is 2.27. The zero-order chi connectivity index (χ0) is 13.1. The summed E-state index contributed by atoms with van der Waals surface area (Å²) in [6.07, 6.45) is 2.84. The van der Waals surface area contributed by atoms with Crippen LogP contribution in [0.3, 0.4) is 0 Å². The summed E-state index contributed by atoms with van der Waals surface area (Å²) in [6.45, 7) is 9.39. The Labute approximate surface area is 104 Å². The third-order valence-corrected chi connectivity index (χ3v) is 3.21. The summed E-state index contributed by atoms with van der Waals surface area (Å²) in [4.78, 5) is 0. The first-order valence-corrected chi connectivity index (χ1v) is 6.18. The van der Waals surface area contributed by atoms with Crippen molar-refractivity contribution in [2.45, 2.75) is 45.8 Å². The second-order valence-electron chi connectivity index (χ2n) is 5.11. The zero-order valence-electron chi connectivity index (χ0n) is 11.9. The van der Waals surface area contributed by atoms with Gasteiger partial charge in [0.2, 0.25) is 0 Å². The lowest BCUT2D eigenvalue weighted by atomic mass is 9.95. The van der Waals surface area contributed by atoms with Crippen LogP contribution in [0.15, 0.2) is 6.20 Å².